The summed E-state index contributed by atoms with van der Waals surface area (Å²) in [5.74, 6) is 0. The van der Waals surface area contributed by atoms with Crippen molar-refractivity contribution in [3.63, 3.8) is 0 Å². The summed E-state index contributed by atoms with van der Waals surface area (Å²) < 4.78 is 0. The molecular formula is C8H10N2O. The van der Waals surface area contributed by atoms with Crippen molar-refractivity contribution in [3.05, 3.63) is 24.0 Å². The van der Waals surface area contributed by atoms with Crippen molar-refractivity contribution in [2.45, 2.75) is 0 Å². The van der Waals surface area contributed by atoms with Crippen LogP contribution in [0, 0.1) is 0 Å². The molecule has 1 rings (SSSR count). The third kappa shape index (κ3) is 1.55. The maximum absolute atomic E-state index is 10.5. The fourth-order valence-electron chi connectivity index (χ4n) is 0.870. The minimum Gasteiger partial charge on any atom is -0.376 e. The summed E-state index contributed by atoms with van der Waals surface area (Å²) in [7, 11) is 3.76. The monoisotopic (exact) mass is 150 g/mol. The zero-order valence-electron chi connectivity index (χ0n) is 6.61. The molecule has 1 aromatic heterocycles. The van der Waals surface area contributed by atoms with E-state index in [2.05, 4.69) is 4.98 Å². The van der Waals surface area contributed by atoms with Crippen molar-refractivity contribution in [2.24, 2.45) is 0 Å². The number of rotatable bonds is 2. The first-order chi connectivity index (χ1) is 5.25. The summed E-state index contributed by atoms with van der Waals surface area (Å²) in [6.45, 7) is 0. The van der Waals surface area contributed by atoms with Crippen molar-refractivity contribution < 1.29 is 4.79 Å². The third-order valence-electron chi connectivity index (χ3n) is 1.44. The molecule has 0 amide bonds. The van der Waals surface area contributed by atoms with Crippen LogP contribution in [0.25, 0.3) is 0 Å². The second-order valence-corrected chi connectivity index (χ2v) is 2.45. The van der Waals surface area contributed by atoms with Crippen LogP contribution in [0.5, 0.6) is 0 Å². The second-order valence-electron chi connectivity index (χ2n) is 2.45. The van der Waals surface area contributed by atoms with E-state index >= 15 is 0 Å². The Morgan fingerprint density at radius 2 is 2.27 bits per heavy atom. The van der Waals surface area contributed by atoms with E-state index in [9.17, 15) is 4.79 Å². The molecule has 0 saturated carbocycles. The van der Waals surface area contributed by atoms with Gasteiger partial charge in [-0.1, -0.05) is 0 Å². The minimum atomic E-state index is 0.671. The zero-order valence-corrected chi connectivity index (χ0v) is 6.61. The first-order valence-electron chi connectivity index (χ1n) is 3.32. The van der Waals surface area contributed by atoms with Gasteiger partial charge in [0.1, 0.15) is 0 Å². The molecule has 0 fully saturated rings. The second kappa shape index (κ2) is 3.14. The molecule has 0 bridgehead atoms. The molecule has 0 saturated heterocycles. The molecule has 0 aliphatic rings. The normalized spacial score (nSPS) is 9.27. The average Bonchev–Trinajstić information content (AvgIpc) is 2.04. The van der Waals surface area contributed by atoms with Crippen molar-refractivity contribution in [1.29, 1.82) is 0 Å². The van der Waals surface area contributed by atoms with E-state index in [0.29, 0.717) is 5.56 Å². The Kier molecular flexibility index (Phi) is 2.21. The van der Waals surface area contributed by atoms with Crippen molar-refractivity contribution in [1.82, 2.24) is 4.98 Å². The Hall–Kier alpha value is -1.38. The van der Waals surface area contributed by atoms with Crippen LogP contribution in [0.2, 0.25) is 0 Å². The fourth-order valence-corrected chi connectivity index (χ4v) is 0.870. The quantitative estimate of drug-likeness (QED) is 0.589. The molecule has 1 heterocycles. The van der Waals surface area contributed by atoms with E-state index in [-0.39, 0.29) is 0 Å². The van der Waals surface area contributed by atoms with Crippen LogP contribution in [-0.4, -0.2) is 25.4 Å². The molecule has 0 aliphatic carbocycles. The maximum atomic E-state index is 10.5. The summed E-state index contributed by atoms with van der Waals surface area (Å²) in [6, 6.07) is 1.70. The van der Waals surface area contributed by atoms with Crippen LogP contribution in [0.15, 0.2) is 18.5 Å². The Bertz CT molecular complexity index is 258. The summed E-state index contributed by atoms with van der Waals surface area (Å²) in [5, 5.41) is 0. The van der Waals surface area contributed by atoms with E-state index < -0.39 is 0 Å². The summed E-state index contributed by atoms with van der Waals surface area (Å²) in [5.41, 5.74) is 1.52. The van der Waals surface area contributed by atoms with Gasteiger partial charge in [0.25, 0.3) is 0 Å². The lowest BCUT2D eigenvalue weighted by molar-refractivity contribution is 0.112. The molecule has 3 nitrogen and oxygen atoms in total. The van der Waals surface area contributed by atoms with E-state index in [1.54, 1.807) is 18.5 Å². The van der Waals surface area contributed by atoms with E-state index in [1.165, 1.54) is 0 Å². The van der Waals surface area contributed by atoms with Crippen molar-refractivity contribution in [2.75, 3.05) is 19.0 Å². The van der Waals surface area contributed by atoms with Crippen molar-refractivity contribution in [3.8, 4) is 0 Å². The molecule has 11 heavy (non-hydrogen) atoms. The highest BCUT2D eigenvalue weighted by molar-refractivity contribution is 5.83. The number of anilines is 1. The number of aromatic nitrogens is 1. The van der Waals surface area contributed by atoms with E-state index in [0.717, 1.165) is 12.0 Å². The van der Waals surface area contributed by atoms with Gasteiger partial charge in [-0.15, -0.1) is 0 Å². The standard InChI is InChI=1S/C8H10N2O/c1-10(2)8-5-9-4-3-7(8)6-11/h3-6H,1-2H3. The highest BCUT2D eigenvalue weighted by atomic mass is 16.1. The number of pyridine rings is 1. The van der Waals surface area contributed by atoms with Crippen LogP contribution in [0.3, 0.4) is 0 Å². The van der Waals surface area contributed by atoms with Crippen molar-refractivity contribution >= 4 is 12.0 Å². The van der Waals surface area contributed by atoms with Crippen LogP contribution >= 0.6 is 0 Å². The lowest BCUT2D eigenvalue weighted by Crippen LogP contribution is -2.11. The fraction of sp³-hybridized carbons (Fsp3) is 0.250. The average molecular weight is 150 g/mol. The largest absolute Gasteiger partial charge is 0.376 e. The zero-order chi connectivity index (χ0) is 8.27. The molecule has 3 heteroatoms. The molecular weight excluding hydrogens is 140 g/mol. The molecule has 0 unspecified atom stereocenters. The Morgan fingerprint density at radius 3 is 2.73 bits per heavy atom. The number of aldehydes is 1. The maximum Gasteiger partial charge on any atom is 0.152 e. The lowest BCUT2D eigenvalue weighted by atomic mass is 10.2. The van der Waals surface area contributed by atoms with E-state index in [1.807, 2.05) is 19.0 Å². The lowest BCUT2D eigenvalue weighted by Gasteiger charge is -2.12. The topological polar surface area (TPSA) is 33.2 Å². The molecule has 0 atom stereocenters. The van der Waals surface area contributed by atoms with Gasteiger partial charge in [-0.2, -0.15) is 0 Å². The molecule has 58 valence electrons. The SMILES string of the molecule is CN(C)c1cnccc1C=O. The van der Waals surface area contributed by atoms with Gasteiger partial charge in [0.15, 0.2) is 6.29 Å². The summed E-state index contributed by atoms with van der Waals surface area (Å²) in [6.07, 6.45) is 4.11. The van der Waals surface area contributed by atoms with Crippen LogP contribution in [0.4, 0.5) is 5.69 Å². The number of carbonyl (C=O) groups is 1. The van der Waals surface area contributed by atoms with Gasteiger partial charge in [-0.25, -0.2) is 0 Å². The highest BCUT2D eigenvalue weighted by Crippen LogP contribution is 2.13. The summed E-state index contributed by atoms with van der Waals surface area (Å²) in [4.78, 5) is 16.2. The number of hydrogen-bond acceptors (Lipinski definition) is 3. The molecule has 0 radical (unpaired) electrons. The van der Waals surface area contributed by atoms with Gasteiger partial charge in [0.2, 0.25) is 0 Å². The minimum absolute atomic E-state index is 0.671. The first kappa shape index (κ1) is 7.72. The molecule has 1 aromatic rings. The van der Waals surface area contributed by atoms with E-state index in [4.69, 9.17) is 0 Å². The van der Waals surface area contributed by atoms with Gasteiger partial charge in [0, 0.05) is 25.9 Å². The Balaban J connectivity index is 3.12. The van der Waals surface area contributed by atoms with Gasteiger partial charge in [-0.3, -0.25) is 9.78 Å². The molecule has 0 N–H and O–H groups in total. The number of carbonyl (C=O) groups excluding carboxylic acids is 1. The number of nitrogens with zero attached hydrogens (tertiary/aromatic N) is 2. The molecule has 0 spiro atoms. The van der Waals surface area contributed by atoms with Gasteiger partial charge >= 0.3 is 0 Å². The molecule has 0 aliphatic heterocycles. The predicted octanol–water partition coefficient (Wildman–Crippen LogP) is 0.960. The smallest absolute Gasteiger partial charge is 0.152 e. The Labute approximate surface area is 65.7 Å². The third-order valence-corrected chi connectivity index (χ3v) is 1.44. The van der Waals surface area contributed by atoms with Gasteiger partial charge < -0.3 is 4.90 Å². The Morgan fingerprint density at radius 1 is 1.55 bits per heavy atom. The molecule has 0 aromatic carbocycles. The van der Waals surface area contributed by atoms with Crippen LogP contribution in [0.1, 0.15) is 10.4 Å². The number of hydrogen-bond donors (Lipinski definition) is 0. The van der Waals surface area contributed by atoms with Crippen LogP contribution in [-0.2, 0) is 0 Å². The van der Waals surface area contributed by atoms with Crippen LogP contribution < -0.4 is 4.90 Å². The van der Waals surface area contributed by atoms with Gasteiger partial charge in [0.05, 0.1) is 11.9 Å². The first-order valence-corrected chi connectivity index (χ1v) is 3.32. The van der Waals surface area contributed by atoms with Gasteiger partial charge in [-0.05, 0) is 6.07 Å². The predicted molar refractivity (Wildman–Crippen MR) is 44.0 cm³/mol. The highest BCUT2D eigenvalue weighted by Gasteiger charge is 2.00. The summed E-state index contributed by atoms with van der Waals surface area (Å²) >= 11 is 0.